The van der Waals surface area contributed by atoms with Gasteiger partial charge in [-0.3, -0.25) is 9.59 Å². The summed E-state index contributed by atoms with van der Waals surface area (Å²) >= 11 is 0. The molecule has 5 heteroatoms. The highest BCUT2D eigenvalue weighted by Gasteiger charge is 2.36. The Balaban J connectivity index is 2.25. The Morgan fingerprint density at radius 3 is 2.72 bits per heavy atom. The average Bonchev–Trinajstić information content (AvgIpc) is 2.27. The number of amides is 1. The van der Waals surface area contributed by atoms with Crippen molar-refractivity contribution in [3.8, 4) is 0 Å². The summed E-state index contributed by atoms with van der Waals surface area (Å²) in [4.78, 5) is 22.4. The van der Waals surface area contributed by atoms with Crippen molar-refractivity contribution in [3.05, 3.63) is 0 Å². The smallest absolute Gasteiger partial charge is 0.303 e. The lowest BCUT2D eigenvalue weighted by molar-refractivity contribution is -0.137. The first-order chi connectivity index (χ1) is 8.43. The highest BCUT2D eigenvalue weighted by atomic mass is 16.4. The summed E-state index contributed by atoms with van der Waals surface area (Å²) in [6.07, 6.45) is 3.65. The molecule has 0 aromatic heterocycles. The van der Waals surface area contributed by atoms with Crippen LogP contribution < -0.4 is 10.6 Å². The Labute approximate surface area is 108 Å². The molecule has 1 fully saturated rings. The lowest BCUT2D eigenvalue weighted by atomic mass is 9.77. The van der Waals surface area contributed by atoms with Gasteiger partial charge in [0.15, 0.2) is 0 Å². The van der Waals surface area contributed by atoms with Crippen molar-refractivity contribution >= 4 is 11.9 Å². The summed E-state index contributed by atoms with van der Waals surface area (Å²) in [6.45, 7) is 5.66. The Morgan fingerprint density at radius 2 is 2.11 bits per heavy atom. The van der Waals surface area contributed by atoms with E-state index in [2.05, 4.69) is 24.5 Å². The van der Waals surface area contributed by atoms with Gasteiger partial charge in [0.1, 0.15) is 0 Å². The minimum Gasteiger partial charge on any atom is -0.481 e. The normalized spacial score (nSPS) is 22.4. The molecule has 1 saturated heterocycles. The second kappa shape index (κ2) is 6.73. The second-order valence-corrected chi connectivity index (χ2v) is 5.62. The van der Waals surface area contributed by atoms with Crippen molar-refractivity contribution in [2.24, 2.45) is 5.41 Å². The summed E-state index contributed by atoms with van der Waals surface area (Å²) < 4.78 is 0. The predicted molar refractivity (Wildman–Crippen MR) is 69.3 cm³/mol. The lowest BCUT2D eigenvalue weighted by Crippen LogP contribution is -2.55. The molecule has 0 spiro atoms. The molecular weight excluding hydrogens is 232 g/mol. The van der Waals surface area contributed by atoms with Crippen LogP contribution in [0.15, 0.2) is 0 Å². The standard InChI is InChI=1S/C13H24N2O3/c1-13(2)7-5-9-14-11(13)12(18)15-8-4-3-6-10(16)17/h11,14H,3-9H2,1-2H3,(H,15,18)(H,16,17). The summed E-state index contributed by atoms with van der Waals surface area (Å²) in [5.41, 5.74) is -0.0105. The first-order valence-corrected chi connectivity index (χ1v) is 6.66. The molecule has 1 aliphatic rings. The molecular formula is C13H24N2O3. The number of carbonyl (C=O) groups is 2. The molecule has 1 aliphatic heterocycles. The molecule has 0 radical (unpaired) electrons. The summed E-state index contributed by atoms with van der Waals surface area (Å²) in [5.74, 6) is -0.744. The number of rotatable bonds is 6. The number of hydrogen-bond acceptors (Lipinski definition) is 3. The molecule has 3 N–H and O–H groups in total. The van der Waals surface area contributed by atoms with Gasteiger partial charge in [0, 0.05) is 13.0 Å². The number of unbranched alkanes of at least 4 members (excludes halogenated alkanes) is 1. The molecule has 0 bridgehead atoms. The Hall–Kier alpha value is -1.10. The van der Waals surface area contributed by atoms with Crippen molar-refractivity contribution in [2.75, 3.05) is 13.1 Å². The van der Waals surface area contributed by atoms with E-state index in [0.717, 1.165) is 19.4 Å². The van der Waals surface area contributed by atoms with E-state index in [0.29, 0.717) is 19.4 Å². The van der Waals surface area contributed by atoms with E-state index in [4.69, 9.17) is 5.11 Å². The fraction of sp³-hybridized carbons (Fsp3) is 0.846. The summed E-state index contributed by atoms with van der Waals surface area (Å²) in [7, 11) is 0. The third kappa shape index (κ3) is 4.64. The van der Waals surface area contributed by atoms with Crippen LogP contribution in [-0.4, -0.2) is 36.1 Å². The Kier molecular flexibility index (Phi) is 5.59. The highest BCUT2D eigenvalue weighted by molar-refractivity contribution is 5.82. The molecule has 1 atom stereocenters. The van der Waals surface area contributed by atoms with Crippen LogP contribution >= 0.6 is 0 Å². The van der Waals surface area contributed by atoms with Gasteiger partial charge < -0.3 is 15.7 Å². The molecule has 0 saturated carbocycles. The zero-order valence-corrected chi connectivity index (χ0v) is 11.3. The molecule has 1 unspecified atom stereocenters. The van der Waals surface area contributed by atoms with E-state index in [1.54, 1.807) is 0 Å². The molecule has 18 heavy (non-hydrogen) atoms. The number of carbonyl (C=O) groups excluding carboxylic acids is 1. The fourth-order valence-electron chi connectivity index (χ4n) is 2.37. The van der Waals surface area contributed by atoms with Gasteiger partial charge in [0.25, 0.3) is 0 Å². The maximum Gasteiger partial charge on any atom is 0.303 e. The van der Waals surface area contributed by atoms with Gasteiger partial charge in [0.05, 0.1) is 6.04 Å². The Bertz CT molecular complexity index is 303. The Morgan fingerprint density at radius 1 is 1.39 bits per heavy atom. The number of carboxylic acid groups (broad SMARTS) is 1. The maximum absolute atomic E-state index is 12.0. The maximum atomic E-state index is 12.0. The molecule has 1 amide bonds. The van der Waals surface area contributed by atoms with Crippen LogP contribution in [0, 0.1) is 5.41 Å². The third-order valence-electron chi connectivity index (χ3n) is 3.51. The molecule has 0 aromatic carbocycles. The lowest BCUT2D eigenvalue weighted by Gasteiger charge is -2.38. The minimum atomic E-state index is -0.781. The van der Waals surface area contributed by atoms with Crippen LogP contribution in [-0.2, 0) is 9.59 Å². The quantitative estimate of drug-likeness (QED) is 0.623. The van der Waals surface area contributed by atoms with Crippen LogP contribution in [0.1, 0.15) is 46.0 Å². The first kappa shape index (κ1) is 15.0. The van der Waals surface area contributed by atoms with E-state index < -0.39 is 5.97 Å². The number of piperidine rings is 1. The van der Waals surface area contributed by atoms with E-state index in [1.807, 2.05) is 0 Å². The van der Waals surface area contributed by atoms with Crippen LogP contribution in [0.2, 0.25) is 0 Å². The molecule has 104 valence electrons. The van der Waals surface area contributed by atoms with Gasteiger partial charge in [0.2, 0.25) is 5.91 Å². The first-order valence-electron chi connectivity index (χ1n) is 6.66. The second-order valence-electron chi connectivity index (χ2n) is 5.62. The van der Waals surface area contributed by atoms with Crippen LogP contribution in [0.3, 0.4) is 0 Å². The number of aliphatic carboxylic acids is 1. The van der Waals surface area contributed by atoms with E-state index >= 15 is 0 Å². The van der Waals surface area contributed by atoms with Crippen LogP contribution in [0.5, 0.6) is 0 Å². The third-order valence-corrected chi connectivity index (χ3v) is 3.51. The summed E-state index contributed by atoms with van der Waals surface area (Å²) in [5, 5.41) is 14.6. The van der Waals surface area contributed by atoms with Crippen molar-refractivity contribution < 1.29 is 14.7 Å². The van der Waals surface area contributed by atoms with Gasteiger partial charge in [-0.15, -0.1) is 0 Å². The zero-order chi connectivity index (χ0) is 13.6. The van der Waals surface area contributed by atoms with Crippen LogP contribution in [0.4, 0.5) is 0 Å². The van der Waals surface area contributed by atoms with Crippen molar-refractivity contribution in [1.82, 2.24) is 10.6 Å². The van der Waals surface area contributed by atoms with Gasteiger partial charge in [-0.2, -0.15) is 0 Å². The molecule has 1 rings (SSSR count). The number of nitrogens with one attached hydrogen (secondary N) is 2. The SMILES string of the molecule is CC1(C)CCCNC1C(=O)NCCCCC(=O)O. The highest BCUT2D eigenvalue weighted by Crippen LogP contribution is 2.29. The topological polar surface area (TPSA) is 78.4 Å². The van der Waals surface area contributed by atoms with Crippen LogP contribution in [0.25, 0.3) is 0 Å². The van der Waals surface area contributed by atoms with E-state index in [-0.39, 0.29) is 23.8 Å². The van der Waals surface area contributed by atoms with E-state index in [1.165, 1.54) is 0 Å². The van der Waals surface area contributed by atoms with Gasteiger partial charge >= 0.3 is 5.97 Å². The molecule has 1 heterocycles. The molecule has 0 aliphatic carbocycles. The van der Waals surface area contributed by atoms with Gasteiger partial charge in [-0.05, 0) is 37.6 Å². The van der Waals surface area contributed by atoms with Crippen molar-refractivity contribution in [3.63, 3.8) is 0 Å². The number of hydrogen-bond donors (Lipinski definition) is 3. The molecule has 0 aromatic rings. The zero-order valence-electron chi connectivity index (χ0n) is 11.3. The van der Waals surface area contributed by atoms with Crippen molar-refractivity contribution in [1.29, 1.82) is 0 Å². The van der Waals surface area contributed by atoms with Gasteiger partial charge in [-0.1, -0.05) is 13.8 Å². The predicted octanol–water partition coefficient (Wildman–Crippen LogP) is 1.14. The average molecular weight is 256 g/mol. The largest absolute Gasteiger partial charge is 0.481 e. The van der Waals surface area contributed by atoms with Gasteiger partial charge in [-0.25, -0.2) is 0 Å². The number of carboxylic acids is 1. The summed E-state index contributed by atoms with van der Waals surface area (Å²) in [6, 6.07) is -0.134. The fourth-order valence-corrected chi connectivity index (χ4v) is 2.37. The molecule has 5 nitrogen and oxygen atoms in total. The monoisotopic (exact) mass is 256 g/mol. The minimum absolute atomic E-state index is 0.0105. The van der Waals surface area contributed by atoms with Crippen molar-refractivity contribution in [2.45, 2.75) is 52.0 Å². The van der Waals surface area contributed by atoms with E-state index in [9.17, 15) is 9.59 Å².